The van der Waals surface area contributed by atoms with Gasteiger partial charge in [-0.2, -0.15) is 0 Å². The van der Waals surface area contributed by atoms with Crippen molar-refractivity contribution >= 4 is 11.9 Å². The zero-order valence-electron chi connectivity index (χ0n) is 8.73. The highest BCUT2D eigenvalue weighted by Crippen LogP contribution is 2.33. The van der Waals surface area contributed by atoms with Gasteiger partial charge in [-0.25, -0.2) is 4.79 Å². The normalized spacial score (nSPS) is 33.3. The van der Waals surface area contributed by atoms with Crippen LogP contribution in [0.15, 0.2) is 12.2 Å². The molecule has 1 saturated heterocycles. The molecule has 0 aromatic heterocycles. The van der Waals surface area contributed by atoms with Crippen molar-refractivity contribution in [1.29, 1.82) is 0 Å². The van der Waals surface area contributed by atoms with Crippen molar-refractivity contribution in [1.82, 2.24) is 4.90 Å². The second kappa shape index (κ2) is 3.34. The zero-order valence-corrected chi connectivity index (χ0v) is 8.73. The van der Waals surface area contributed by atoms with Gasteiger partial charge in [0.2, 0.25) is 5.91 Å². The average molecular weight is 211 g/mol. The van der Waals surface area contributed by atoms with Crippen LogP contribution in [0.5, 0.6) is 0 Å². The molecule has 5 nitrogen and oxygen atoms in total. The molecule has 0 radical (unpaired) electrons. The fourth-order valence-electron chi connectivity index (χ4n) is 1.92. The molecule has 0 bridgehead atoms. The Bertz CT molecular complexity index is 338. The van der Waals surface area contributed by atoms with Gasteiger partial charge >= 0.3 is 5.97 Å². The Hall–Kier alpha value is -1.36. The summed E-state index contributed by atoms with van der Waals surface area (Å²) in [6, 6.07) is -0.613. The van der Waals surface area contributed by atoms with Crippen molar-refractivity contribution in [2.24, 2.45) is 0 Å². The van der Waals surface area contributed by atoms with Gasteiger partial charge in [0.1, 0.15) is 0 Å². The predicted molar refractivity (Wildman–Crippen MR) is 50.8 cm³/mol. The van der Waals surface area contributed by atoms with E-state index in [1.54, 1.807) is 19.9 Å². The summed E-state index contributed by atoms with van der Waals surface area (Å²) in [5.74, 6) is -0.605. The molecular formula is C10H13NO4. The van der Waals surface area contributed by atoms with E-state index in [9.17, 15) is 9.59 Å². The minimum absolute atomic E-state index is 0.200. The molecule has 1 fully saturated rings. The van der Waals surface area contributed by atoms with E-state index in [4.69, 9.17) is 9.47 Å². The van der Waals surface area contributed by atoms with Gasteiger partial charge in [0.15, 0.2) is 11.8 Å². The second-order valence-corrected chi connectivity index (χ2v) is 3.68. The first-order valence-corrected chi connectivity index (χ1v) is 4.91. The molecule has 0 aromatic rings. The molecule has 1 amide bonds. The Morgan fingerprint density at radius 1 is 1.80 bits per heavy atom. The fraction of sp³-hybridized carbons (Fsp3) is 0.600. The van der Waals surface area contributed by atoms with Gasteiger partial charge in [-0.1, -0.05) is 0 Å². The highest BCUT2D eigenvalue weighted by Gasteiger charge is 2.51. The number of rotatable bonds is 2. The summed E-state index contributed by atoms with van der Waals surface area (Å²) < 4.78 is 10.3. The van der Waals surface area contributed by atoms with Crippen LogP contribution in [-0.4, -0.2) is 41.8 Å². The Labute approximate surface area is 87.6 Å². The summed E-state index contributed by atoms with van der Waals surface area (Å²) in [6.45, 7) is 4.00. The van der Waals surface area contributed by atoms with Gasteiger partial charge < -0.3 is 9.47 Å². The average Bonchev–Trinajstić information content (AvgIpc) is 2.66. The predicted octanol–water partition coefficient (Wildman–Crippen LogP) is 0.0629. The molecule has 0 saturated carbocycles. The fourth-order valence-corrected chi connectivity index (χ4v) is 1.92. The van der Waals surface area contributed by atoms with Crippen LogP contribution in [0.2, 0.25) is 0 Å². The molecule has 2 aliphatic rings. The number of esters is 1. The van der Waals surface area contributed by atoms with Gasteiger partial charge in [-0.05, 0) is 19.9 Å². The van der Waals surface area contributed by atoms with Crippen LogP contribution in [0, 0.1) is 0 Å². The van der Waals surface area contributed by atoms with Crippen LogP contribution >= 0.6 is 0 Å². The van der Waals surface area contributed by atoms with E-state index < -0.39 is 17.7 Å². The minimum Gasteiger partial charge on any atom is -0.464 e. The van der Waals surface area contributed by atoms with Crippen LogP contribution in [0.1, 0.15) is 13.8 Å². The van der Waals surface area contributed by atoms with Crippen LogP contribution in [0.25, 0.3) is 0 Å². The smallest absolute Gasteiger partial charge is 0.331 e. The summed E-state index contributed by atoms with van der Waals surface area (Å²) in [4.78, 5) is 24.5. The highest BCUT2D eigenvalue weighted by atomic mass is 16.6. The molecule has 2 rings (SSSR count). The number of fused-ring (bicyclic) bond motifs is 1. The minimum atomic E-state index is -0.769. The third-order valence-electron chi connectivity index (χ3n) is 2.65. The summed E-state index contributed by atoms with van der Waals surface area (Å²) in [5.41, 5.74) is -0.769. The Kier molecular flexibility index (Phi) is 2.26. The topological polar surface area (TPSA) is 55.8 Å². The monoisotopic (exact) mass is 211 g/mol. The van der Waals surface area contributed by atoms with Gasteiger partial charge in [0.05, 0.1) is 13.2 Å². The largest absolute Gasteiger partial charge is 0.464 e. The summed E-state index contributed by atoms with van der Waals surface area (Å²) in [6.07, 6.45) is 3.08. The first-order valence-electron chi connectivity index (χ1n) is 4.91. The maximum absolute atomic E-state index is 11.6. The van der Waals surface area contributed by atoms with Crippen LogP contribution in [-0.2, 0) is 19.1 Å². The van der Waals surface area contributed by atoms with E-state index in [1.165, 1.54) is 11.0 Å². The highest BCUT2D eigenvalue weighted by molar-refractivity contribution is 5.95. The van der Waals surface area contributed by atoms with E-state index in [0.29, 0.717) is 6.61 Å². The molecule has 0 spiro atoms. The van der Waals surface area contributed by atoms with Crippen LogP contribution in [0.4, 0.5) is 0 Å². The van der Waals surface area contributed by atoms with Crippen LogP contribution < -0.4 is 0 Å². The van der Waals surface area contributed by atoms with Crippen molar-refractivity contribution in [3.8, 4) is 0 Å². The van der Waals surface area contributed by atoms with Crippen molar-refractivity contribution in [2.45, 2.75) is 25.6 Å². The van der Waals surface area contributed by atoms with Gasteiger partial charge in [-0.3, -0.25) is 9.69 Å². The molecule has 0 N–H and O–H groups in total. The first kappa shape index (κ1) is 10.2. The molecule has 0 aromatic carbocycles. The molecule has 5 heteroatoms. The van der Waals surface area contributed by atoms with Gasteiger partial charge in [-0.15, -0.1) is 0 Å². The molecule has 0 aliphatic carbocycles. The molecule has 2 atom stereocenters. The van der Waals surface area contributed by atoms with Gasteiger partial charge in [0, 0.05) is 6.08 Å². The lowest BCUT2D eigenvalue weighted by atomic mass is 10.2. The lowest BCUT2D eigenvalue weighted by Gasteiger charge is -2.27. The van der Waals surface area contributed by atoms with E-state index in [1.807, 2.05) is 0 Å². The maximum atomic E-state index is 11.6. The first-order chi connectivity index (χ1) is 7.08. The molecule has 82 valence electrons. The lowest BCUT2D eigenvalue weighted by Crippen LogP contribution is -2.47. The number of nitrogens with zero attached hydrogens (tertiary/aromatic N) is 1. The molecule has 2 aliphatic heterocycles. The standard InChI is InChI=1S/C10H13NO4/c1-3-14-9(13)7-6-15-10(2)5-4-8(12)11(7)10/h4-5,7H,3,6H2,1-2H3/t7-,10-/m0/s1. The molecular weight excluding hydrogens is 198 g/mol. The van der Waals surface area contributed by atoms with Gasteiger partial charge in [0.25, 0.3) is 0 Å². The van der Waals surface area contributed by atoms with E-state index >= 15 is 0 Å². The molecule has 2 heterocycles. The summed E-state index contributed by atoms with van der Waals surface area (Å²) in [5, 5.41) is 0. The lowest BCUT2D eigenvalue weighted by molar-refractivity contribution is -0.153. The van der Waals surface area contributed by atoms with E-state index in [-0.39, 0.29) is 12.5 Å². The Morgan fingerprint density at radius 3 is 3.20 bits per heavy atom. The third-order valence-corrected chi connectivity index (χ3v) is 2.65. The number of hydrogen-bond donors (Lipinski definition) is 0. The van der Waals surface area contributed by atoms with Crippen molar-refractivity contribution in [3.63, 3.8) is 0 Å². The zero-order chi connectivity index (χ0) is 11.1. The maximum Gasteiger partial charge on any atom is 0.331 e. The quantitative estimate of drug-likeness (QED) is 0.606. The SMILES string of the molecule is CCOC(=O)[C@@H]1CO[C@@]2(C)C=CC(=O)N12. The summed E-state index contributed by atoms with van der Waals surface area (Å²) >= 11 is 0. The molecule has 15 heavy (non-hydrogen) atoms. The number of amides is 1. The Morgan fingerprint density at radius 2 is 2.53 bits per heavy atom. The van der Waals surface area contributed by atoms with Crippen molar-refractivity contribution in [3.05, 3.63) is 12.2 Å². The van der Waals surface area contributed by atoms with Crippen LogP contribution in [0.3, 0.4) is 0 Å². The number of carbonyl (C=O) groups is 2. The third kappa shape index (κ3) is 1.43. The number of ether oxygens (including phenoxy) is 2. The van der Waals surface area contributed by atoms with Crippen molar-refractivity contribution in [2.75, 3.05) is 13.2 Å². The number of hydrogen-bond acceptors (Lipinski definition) is 4. The number of carbonyl (C=O) groups excluding carboxylic acids is 2. The van der Waals surface area contributed by atoms with E-state index in [2.05, 4.69) is 0 Å². The molecule has 0 unspecified atom stereocenters. The Balaban J connectivity index is 2.18. The van der Waals surface area contributed by atoms with Crippen molar-refractivity contribution < 1.29 is 19.1 Å². The second-order valence-electron chi connectivity index (χ2n) is 3.68. The summed E-state index contributed by atoms with van der Waals surface area (Å²) in [7, 11) is 0. The van der Waals surface area contributed by atoms with E-state index in [0.717, 1.165) is 0 Å².